The Hall–Kier alpha value is -1.20. The zero-order valence-electron chi connectivity index (χ0n) is 12.8. The van der Waals surface area contributed by atoms with Crippen molar-refractivity contribution in [2.75, 3.05) is 26.2 Å². The molecule has 0 aliphatic heterocycles. The van der Waals surface area contributed by atoms with Crippen molar-refractivity contribution in [3.05, 3.63) is 29.3 Å². The summed E-state index contributed by atoms with van der Waals surface area (Å²) in [5.41, 5.74) is 7.36. The quantitative estimate of drug-likeness (QED) is 0.571. The highest BCUT2D eigenvalue weighted by atomic mass is 32.2. The number of nitrogens with one attached hydrogen (secondary N) is 1. The fourth-order valence-corrected chi connectivity index (χ4v) is 3.10. The van der Waals surface area contributed by atoms with Gasteiger partial charge in [0.25, 0.3) is 0 Å². The van der Waals surface area contributed by atoms with E-state index in [-0.39, 0.29) is 5.84 Å². The molecule has 4 nitrogen and oxygen atoms in total. The Morgan fingerprint density at radius 1 is 1.50 bits per heavy atom. The van der Waals surface area contributed by atoms with Crippen LogP contribution in [0, 0.1) is 5.41 Å². The average Bonchev–Trinajstić information content (AvgIpc) is 2.44. The van der Waals surface area contributed by atoms with Gasteiger partial charge in [-0.15, -0.1) is 0 Å². The molecule has 0 radical (unpaired) electrons. The Bertz CT molecular complexity index is 451. The molecule has 3 N–H and O–H groups in total. The van der Waals surface area contributed by atoms with E-state index in [0.29, 0.717) is 17.4 Å². The lowest BCUT2D eigenvalue weighted by atomic mass is 10.1. The highest BCUT2D eigenvalue weighted by Crippen LogP contribution is 2.21. The first-order valence-corrected chi connectivity index (χ1v) is 8.13. The van der Waals surface area contributed by atoms with E-state index in [1.165, 1.54) is 5.56 Å². The average molecular weight is 295 g/mol. The van der Waals surface area contributed by atoms with Gasteiger partial charge in [0.05, 0.1) is 12.7 Å². The van der Waals surface area contributed by atoms with Crippen LogP contribution in [0.5, 0.6) is 5.75 Å². The van der Waals surface area contributed by atoms with Crippen LogP contribution in [0.15, 0.2) is 18.2 Å². The van der Waals surface area contributed by atoms with Crippen LogP contribution in [-0.4, -0.2) is 42.9 Å². The molecular formula is C15H25N3OS. The van der Waals surface area contributed by atoms with Crippen molar-refractivity contribution in [2.24, 2.45) is 5.73 Å². The van der Waals surface area contributed by atoms with Gasteiger partial charge in [0.15, 0.2) is 0 Å². The van der Waals surface area contributed by atoms with Gasteiger partial charge in [-0.3, -0.25) is 10.3 Å². The largest absolute Gasteiger partial charge is 0.496 e. The number of thioether (sulfide) groups is 1. The van der Waals surface area contributed by atoms with E-state index in [2.05, 4.69) is 25.1 Å². The number of hydrogen-bond acceptors (Lipinski definition) is 4. The summed E-state index contributed by atoms with van der Waals surface area (Å²) in [6.07, 6.45) is 3.28. The van der Waals surface area contributed by atoms with Gasteiger partial charge in [0.1, 0.15) is 11.6 Å². The molecule has 0 spiro atoms. The van der Waals surface area contributed by atoms with Crippen LogP contribution in [0.3, 0.4) is 0 Å². The van der Waals surface area contributed by atoms with Gasteiger partial charge in [0.2, 0.25) is 0 Å². The van der Waals surface area contributed by atoms with E-state index in [9.17, 15) is 0 Å². The molecule has 0 aliphatic carbocycles. The zero-order valence-corrected chi connectivity index (χ0v) is 13.6. The van der Waals surface area contributed by atoms with Crippen LogP contribution in [0.4, 0.5) is 0 Å². The first kappa shape index (κ1) is 16.9. The maximum atomic E-state index is 7.53. The number of ether oxygens (including phenoxy) is 1. The lowest BCUT2D eigenvalue weighted by Gasteiger charge is -2.26. The minimum Gasteiger partial charge on any atom is -0.496 e. The van der Waals surface area contributed by atoms with Crippen LogP contribution >= 0.6 is 11.8 Å². The molecule has 112 valence electrons. The van der Waals surface area contributed by atoms with Crippen LogP contribution in [0.2, 0.25) is 0 Å². The van der Waals surface area contributed by atoms with Crippen molar-refractivity contribution >= 4 is 17.6 Å². The molecule has 0 heterocycles. The highest BCUT2D eigenvalue weighted by Gasteiger charge is 2.14. The molecule has 5 heteroatoms. The molecule has 0 saturated heterocycles. The number of nitrogens with zero attached hydrogens (tertiary/aromatic N) is 1. The van der Waals surface area contributed by atoms with E-state index in [4.69, 9.17) is 15.9 Å². The summed E-state index contributed by atoms with van der Waals surface area (Å²) in [5, 5.41) is 7.53. The third-order valence-electron chi connectivity index (χ3n) is 3.44. The van der Waals surface area contributed by atoms with Crippen molar-refractivity contribution in [3.63, 3.8) is 0 Å². The van der Waals surface area contributed by atoms with Crippen molar-refractivity contribution in [3.8, 4) is 5.75 Å². The van der Waals surface area contributed by atoms with E-state index in [1.54, 1.807) is 7.11 Å². The Balaban J connectivity index is 2.85. The van der Waals surface area contributed by atoms with Crippen molar-refractivity contribution < 1.29 is 4.74 Å². The first-order chi connectivity index (χ1) is 9.53. The molecule has 0 bridgehead atoms. The highest BCUT2D eigenvalue weighted by molar-refractivity contribution is 7.98. The van der Waals surface area contributed by atoms with Gasteiger partial charge in [-0.25, -0.2) is 0 Å². The third-order valence-corrected chi connectivity index (χ3v) is 4.16. The van der Waals surface area contributed by atoms with Crippen LogP contribution in [0.1, 0.15) is 24.5 Å². The normalized spacial score (nSPS) is 12.4. The summed E-state index contributed by atoms with van der Waals surface area (Å²) in [7, 11) is 3.76. The van der Waals surface area contributed by atoms with Crippen LogP contribution in [-0.2, 0) is 6.54 Å². The molecule has 1 aromatic rings. The van der Waals surface area contributed by atoms with E-state index >= 15 is 0 Å². The van der Waals surface area contributed by atoms with Gasteiger partial charge in [0, 0.05) is 18.3 Å². The maximum Gasteiger partial charge on any atom is 0.130 e. The second kappa shape index (κ2) is 8.17. The fraction of sp³-hybridized carbons (Fsp3) is 0.533. The molecule has 1 unspecified atom stereocenters. The number of methoxy groups -OCH3 is 1. The summed E-state index contributed by atoms with van der Waals surface area (Å²) in [6, 6.07) is 6.42. The summed E-state index contributed by atoms with van der Waals surface area (Å²) in [6.45, 7) is 3.09. The number of nitrogens with two attached hydrogens (primary N) is 1. The monoisotopic (exact) mass is 295 g/mol. The molecule has 1 atom stereocenters. The molecule has 0 amide bonds. The molecular weight excluding hydrogens is 270 g/mol. The molecule has 1 aromatic carbocycles. The van der Waals surface area contributed by atoms with Crippen molar-refractivity contribution in [2.45, 2.75) is 25.9 Å². The van der Waals surface area contributed by atoms with Gasteiger partial charge in [-0.1, -0.05) is 13.0 Å². The minimum atomic E-state index is 0.0376. The number of benzene rings is 1. The lowest BCUT2D eigenvalue weighted by Crippen LogP contribution is -2.32. The molecule has 0 aliphatic rings. The topological polar surface area (TPSA) is 62.3 Å². The van der Waals surface area contributed by atoms with Gasteiger partial charge < -0.3 is 10.5 Å². The van der Waals surface area contributed by atoms with Crippen LogP contribution < -0.4 is 10.5 Å². The number of nitrogen functional groups attached to an aromatic ring is 1. The molecule has 0 aromatic heterocycles. The molecule has 0 saturated carbocycles. The predicted octanol–water partition coefficient (Wildman–Crippen LogP) is 2.55. The molecule has 0 fully saturated rings. The van der Waals surface area contributed by atoms with Gasteiger partial charge in [-0.2, -0.15) is 11.8 Å². The summed E-state index contributed by atoms with van der Waals surface area (Å²) in [5.74, 6) is 1.84. The standard InChI is InChI=1S/C15H25N3OS/c1-5-12(10-20-4)18(2)9-11-6-7-13(15(16)17)14(8-11)19-3/h6-8,12H,5,9-10H2,1-4H3,(H3,16,17). The van der Waals surface area contributed by atoms with E-state index in [0.717, 1.165) is 18.7 Å². The van der Waals surface area contributed by atoms with Gasteiger partial charge in [-0.05, 0) is 37.4 Å². The molecule has 1 rings (SSSR count). The SMILES string of the molecule is CCC(CSC)N(C)Cc1ccc(C(=N)N)c(OC)c1. The summed E-state index contributed by atoms with van der Waals surface area (Å²) in [4.78, 5) is 2.36. The van der Waals surface area contributed by atoms with Crippen molar-refractivity contribution in [1.29, 1.82) is 5.41 Å². The summed E-state index contributed by atoms with van der Waals surface area (Å²) >= 11 is 1.88. The Labute approximate surface area is 126 Å². The minimum absolute atomic E-state index is 0.0376. The second-order valence-corrected chi connectivity index (χ2v) is 5.79. The number of hydrogen-bond donors (Lipinski definition) is 2. The number of rotatable bonds is 8. The fourth-order valence-electron chi connectivity index (χ4n) is 2.22. The zero-order chi connectivity index (χ0) is 15.1. The third kappa shape index (κ3) is 4.42. The van der Waals surface area contributed by atoms with Gasteiger partial charge >= 0.3 is 0 Å². The number of amidine groups is 1. The summed E-state index contributed by atoms with van der Waals surface area (Å²) < 4.78 is 5.32. The Morgan fingerprint density at radius 2 is 2.20 bits per heavy atom. The maximum absolute atomic E-state index is 7.53. The van der Waals surface area contributed by atoms with E-state index < -0.39 is 0 Å². The predicted molar refractivity (Wildman–Crippen MR) is 87.9 cm³/mol. The van der Waals surface area contributed by atoms with Crippen LogP contribution in [0.25, 0.3) is 0 Å². The first-order valence-electron chi connectivity index (χ1n) is 6.73. The Kier molecular flexibility index (Phi) is 6.88. The lowest BCUT2D eigenvalue weighted by molar-refractivity contribution is 0.247. The van der Waals surface area contributed by atoms with E-state index in [1.807, 2.05) is 30.0 Å². The van der Waals surface area contributed by atoms with Crippen molar-refractivity contribution in [1.82, 2.24) is 4.90 Å². The second-order valence-electron chi connectivity index (χ2n) is 4.88. The molecule has 20 heavy (non-hydrogen) atoms. The Morgan fingerprint density at radius 3 is 2.70 bits per heavy atom. The smallest absolute Gasteiger partial charge is 0.130 e.